The van der Waals surface area contributed by atoms with Crippen molar-refractivity contribution in [3.63, 3.8) is 0 Å². The molecule has 0 rings (SSSR count). The third kappa shape index (κ3) is 7.07. The van der Waals surface area contributed by atoms with Gasteiger partial charge < -0.3 is 10.2 Å². The first-order valence-corrected chi connectivity index (χ1v) is 6.11. The molecule has 0 unspecified atom stereocenters. The van der Waals surface area contributed by atoms with Crippen molar-refractivity contribution in [1.29, 1.82) is 0 Å². The molecule has 0 fully saturated rings. The van der Waals surface area contributed by atoms with Gasteiger partial charge in [-0.15, -0.1) is 12.4 Å². The van der Waals surface area contributed by atoms with Gasteiger partial charge in [0, 0.05) is 26.1 Å². The van der Waals surface area contributed by atoms with E-state index in [0.717, 1.165) is 32.5 Å². The standard InChI is InChI=1S/C12H26N2O.ClH/c1-5-11(6-2)10-14(7-3)12(15)8-9-13-4;/h11,13H,5-10H2,1-4H3;1H. The smallest absolute Gasteiger partial charge is 0.223 e. The van der Waals surface area contributed by atoms with E-state index in [1.54, 1.807) is 0 Å². The van der Waals surface area contributed by atoms with E-state index in [-0.39, 0.29) is 18.3 Å². The number of nitrogens with zero attached hydrogens (tertiary/aromatic N) is 1. The maximum absolute atomic E-state index is 11.8. The van der Waals surface area contributed by atoms with Crippen LogP contribution in [0.25, 0.3) is 0 Å². The summed E-state index contributed by atoms with van der Waals surface area (Å²) in [7, 11) is 1.88. The molecule has 0 bridgehead atoms. The molecular formula is C12H27ClN2O. The Bertz CT molecular complexity index is 172. The molecule has 16 heavy (non-hydrogen) atoms. The van der Waals surface area contributed by atoms with Crippen LogP contribution >= 0.6 is 12.4 Å². The van der Waals surface area contributed by atoms with Crippen molar-refractivity contribution in [2.45, 2.75) is 40.0 Å². The van der Waals surface area contributed by atoms with Crippen LogP contribution in [0.15, 0.2) is 0 Å². The van der Waals surface area contributed by atoms with Gasteiger partial charge in [-0.05, 0) is 19.9 Å². The molecule has 3 nitrogen and oxygen atoms in total. The van der Waals surface area contributed by atoms with Crippen LogP contribution in [0.1, 0.15) is 40.0 Å². The van der Waals surface area contributed by atoms with Crippen molar-refractivity contribution >= 4 is 18.3 Å². The number of hydrogen-bond acceptors (Lipinski definition) is 2. The first-order chi connectivity index (χ1) is 7.19. The van der Waals surface area contributed by atoms with Gasteiger partial charge in [-0.2, -0.15) is 0 Å². The summed E-state index contributed by atoms with van der Waals surface area (Å²) in [4.78, 5) is 13.8. The SMILES string of the molecule is CCC(CC)CN(CC)C(=O)CCNC.Cl. The zero-order valence-electron chi connectivity index (χ0n) is 11.1. The fraction of sp³-hybridized carbons (Fsp3) is 0.917. The zero-order chi connectivity index (χ0) is 11.7. The second-order valence-corrected chi connectivity index (χ2v) is 3.97. The molecule has 4 heteroatoms. The Kier molecular flexibility index (Phi) is 12.7. The summed E-state index contributed by atoms with van der Waals surface area (Å²) in [6, 6.07) is 0. The highest BCUT2D eigenvalue weighted by Gasteiger charge is 2.14. The summed E-state index contributed by atoms with van der Waals surface area (Å²) in [6.45, 7) is 8.98. The van der Waals surface area contributed by atoms with Gasteiger partial charge in [0.2, 0.25) is 5.91 Å². The molecule has 0 aliphatic rings. The monoisotopic (exact) mass is 250 g/mol. The number of halogens is 1. The Hall–Kier alpha value is -0.280. The highest BCUT2D eigenvalue weighted by Crippen LogP contribution is 2.10. The van der Waals surface area contributed by atoms with E-state index in [1.165, 1.54) is 0 Å². The van der Waals surface area contributed by atoms with Crippen molar-refractivity contribution in [2.75, 3.05) is 26.7 Å². The van der Waals surface area contributed by atoms with Crippen LogP contribution in [0.4, 0.5) is 0 Å². The zero-order valence-corrected chi connectivity index (χ0v) is 11.9. The molecule has 0 atom stereocenters. The van der Waals surface area contributed by atoms with Crippen LogP contribution in [0.5, 0.6) is 0 Å². The first-order valence-electron chi connectivity index (χ1n) is 6.11. The van der Waals surface area contributed by atoms with Crippen LogP contribution in [0, 0.1) is 5.92 Å². The van der Waals surface area contributed by atoms with E-state index in [4.69, 9.17) is 0 Å². The summed E-state index contributed by atoms with van der Waals surface area (Å²) in [5, 5.41) is 3.01. The fourth-order valence-corrected chi connectivity index (χ4v) is 1.66. The molecular weight excluding hydrogens is 224 g/mol. The molecule has 0 radical (unpaired) electrons. The van der Waals surface area contributed by atoms with Crippen LogP contribution in [-0.2, 0) is 4.79 Å². The van der Waals surface area contributed by atoms with Crippen LogP contribution in [-0.4, -0.2) is 37.5 Å². The maximum atomic E-state index is 11.8. The van der Waals surface area contributed by atoms with Gasteiger partial charge in [0.15, 0.2) is 0 Å². The molecule has 0 aliphatic carbocycles. The van der Waals surface area contributed by atoms with Crippen LogP contribution in [0.3, 0.4) is 0 Å². The minimum atomic E-state index is 0. The van der Waals surface area contributed by atoms with Crippen molar-refractivity contribution in [2.24, 2.45) is 5.92 Å². The number of rotatable bonds is 8. The van der Waals surface area contributed by atoms with E-state index in [9.17, 15) is 4.79 Å². The Balaban J connectivity index is 0. The molecule has 0 saturated carbocycles. The predicted octanol–water partition coefficient (Wildman–Crippen LogP) is 2.30. The quantitative estimate of drug-likeness (QED) is 0.717. The molecule has 0 spiro atoms. The third-order valence-corrected chi connectivity index (χ3v) is 2.96. The van der Waals surface area contributed by atoms with Crippen molar-refractivity contribution in [3.8, 4) is 0 Å². The largest absolute Gasteiger partial charge is 0.343 e. The van der Waals surface area contributed by atoms with E-state index in [2.05, 4.69) is 26.1 Å². The fourth-order valence-electron chi connectivity index (χ4n) is 1.66. The van der Waals surface area contributed by atoms with E-state index >= 15 is 0 Å². The Morgan fingerprint density at radius 1 is 1.25 bits per heavy atom. The molecule has 98 valence electrons. The summed E-state index contributed by atoms with van der Waals surface area (Å²) < 4.78 is 0. The predicted molar refractivity (Wildman–Crippen MR) is 72.1 cm³/mol. The van der Waals surface area contributed by atoms with Crippen molar-refractivity contribution in [1.82, 2.24) is 10.2 Å². The van der Waals surface area contributed by atoms with Crippen molar-refractivity contribution in [3.05, 3.63) is 0 Å². The highest BCUT2D eigenvalue weighted by atomic mass is 35.5. The van der Waals surface area contributed by atoms with Gasteiger partial charge in [-0.25, -0.2) is 0 Å². The van der Waals surface area contributed by atoms with Crippen LogP contribution < -0.4 is 5.32 Å². The topological polar surface area (TPSA) is 32.3 Å². The lowest BCUT2D eigenvalue weighted by molar-refractivity contribution is -0.131. The van der Waals surface area contributed by atoms with Gasteiger partial charge in [0.25, 0.3) is 0 Å². The van der Waals surface area contributed by atoms with Gasteiger partial charge in [0.05, 0.1) is 0 Å². The molecule has 1 amide bonds. The van der Waals surface area contributed by atoms with Gasteiger partial charge in [-0.3, -0.25) is 4.79 Å². The lowest BCUT2D eigenvalue weighted by atomic mass is 10.0. The second kappa shape index (κ2) is 11.2. The number of carbonyl (C=O) groups is 1. The number of amides is 1. The molecule has 0 aromatic heterocycles. The molecule has 0 aliphatic heterocycles. The third-order valence-electron chi connectivity index (χ3n) is 2.96. The lowest BCUT2D eigenvalue weighted by Gasteiger charge is -2.25. The summed E-state index contributed by atoms with van der Waals surface area (Å²) >= 11 is 0. The van der Waals surface area contributed by atoms with Gasteiger partial charge in [0.1, 0.15) is 0 Å². The number of hydrogen-bond donors (Lipinski definition) is 1. The maximum Gasteiger partial charge on any atom is 0.223 e. The normalized spacial score (nSPS) is 10.1. The number of carbonyl (C=O) groups excluding carboxylic acids is 1. The molecule has 0 saturated heterocycles. The van der Waals surface area contributed by atoms with Crippen molar-refractivity contribution < 1.29 is 4.79 Å². The average Bonchev–Trinajstić information content (AvgIpc) is 2.27. The summed E-state index contributed by atoms with van der Waals surface area (Å²) in [5.41, 5.74) is 0. The molecule has 1 N–H and O–H groups in total. The minimum absolute atomic E-state index is 0. The first kappa shape index (κ1) is 18.1. The molecule has 0 aromatic rings. The van der Waals surface area contributed by atoms with Gasteiger partial charge >= 0.3 is 0 Å². The van der Waals surface area contributed by atoms with E-state index in [1.807, 2.05) is 11.9 Å². The van der Waals surface area contributed by atoms with E-state index < -0.39 is 0 Å². The Labute approximate surface area is 106 Å². The van der Waals surface area contributed by atoms with E-state index in [0.29, 0.717) is 12.3 Å². The molecule has 0 heterocycles. The lowest BCUT2D eigenvalue weighted by Crippen LogP contribution is -2.36. The minimum Gasteiger partial charge on any atom is -0.343 e. The Morgan fingerprint density at radius 3 is 2.19 bits per heavy atom. The Morgan fingerprint density at radius 2 is 1.81 bits per heavy atom. The average molecular weight is 251 g/mol. The number of nitrogens with one attached hydrogen (secondary N) is 1. The second-order valence-electron chi connectivity index (χ2n) is 3.97. The van der Waals surface area contributed by atoms with Crippen LogP contribution in [0.2, 0.25) is 0 Å². The summed E-state index contributed by atoms with van der Waals surface area (Å²) in [5.74, 6) is 0.933. The summed E-state index contributed by atoms with van der Waals surface area (Å²) in [6.07, 6.45) is 2.93. The molecule has 0 aromatic carbocycles. The highest BCUT2D eigenvalue weighted by molar-refractivity contribution is 5.85. The van der Waals surface area contributed by atoms with Gasteiger partial charge in [-0.1, -0.05) is 26.7 Å².